The highest BCUT2D eigenvalue weighted by molar-refractivity contribution is 6.15. The van der Waals surface area contributed by atoms with Gasteiger partial charge >= 0.3 is 0 Å². The quantitative estimate of drug-likeness (QED) is 0.167. The summed E-state index contributed by atoms with van der Waals surface area (Å²) >= 11 is 0. The van der Waals surface area contributed by atoms with E-state index in [4.69, 9.17) is 24.4 Å². The maximum Gasteiger partial charge on any atom is 0.264 e. The monoisotopic (exact) mass is 693 g/mol. The lowest BCUT2D eigenvalue weighted by atomic mass is 9.99. The maximum atomic E-state index is 14.3. The van der Waals surface area contributed by atoms with E-state index in [1.165, 1.54) is 0 Å². The summed E-state index contributed by atoms with van der Waals surface area (Å²) < 4.78 is 8.22. The normalized spacial score (nSPS) is 11.8. The van der Waals surface area contributed by atoms with E-state index in [-0.39, 0.29) is 5.56 Å². The van der Waals surface area contributed by atoms with Crippen LogP contribution in [-0.4, -0.2) is 24.3 Å². The van der Waals surface area contributed by atoms with E-state index in [1.54, 1.807) is 4.40 Å². The van der Waals surface area contributed by atoms with Crippen LogP contribution in [0.5, 0.6) is 0 Å². The van der Waals surface area contributed by atoms with Gasteiger partial charge in [-0.2, -0.15) is 0 Å². The molecule has 0 bridgehead atoms. The average molecular weight is 694 g/mol. The van der Waals surface area contributed by atoms with Crippen LogP contribution in [0.2, 0.25) is 0 Å². The predicted molar refractivity (Wildman–Crippen MR) is 216 cm³/mol. The third-order valence-electron chi connectivity index (χ3n) is 10.2. The number of aromatic nitrogens is 5. The van der Waals surface area contributed by atoms with E-state index >= 15 is 0 Å². The van der Waals surface area contributed by atoms with Crippen molar-refractivity contribution in [2.24, 2.45) is 0 Å². The molecule has 0 spiro atoms. The van der Waals surface area contributed by atoms with Gasteiger partial charge in [-0.15, -0.1) is 0 Å². The molecule has 252 valence electrons. The van der Waals surface area contributed by atoms with Crippen LogP contribution < -0.4 is 5.56 Å². The summed E-state index contributed by atoms with van der Waals surface area (Å²) in [6.45, 7) is 0. The second kappa shape index (κ2) is 11.8. The first-order valence-electron chi connectivity index (χ1n) is 17.8. The standard InChI is InChI=1S/C47H27N5O2/c53-47-34-20-11-10-19-33(34)36-26-32(28-13-4-1-5-14-28)27-38-42(36)52(47)46(48-38)31-23-24-39-37(25-31)41-35(21-12-22-40(41)54-39)45-50-43(29-15-6-2-7-16-29)49-44(51-45)30-17-8-3-9-18-30/h1-27H. The number of nitrogens with zero attached hydrogens (tertiary/aromatic N) is 5. The fourth-order valence-electron chi connectivity index (χ4n) is 7.71. The van der Waals surface area contributed by atoms with Crippen LogP contribution in [-0.2, 0) is 0 Å². The molecule has 0 amide bonds. The van der Waals surface area contributed by atoms with E-state index < -0.39 is 0 Å². The molecular weight excluding hydrogens is 667 g/mol. The Kier molecular flexibility index (Phi) is 6.57. The molecule has 0 fully saturated rings. The second-order valence-corrected chi connectivity index (χ2v) is 13.4. The van der Waals surface area contributed by atoms with E-state index in [0.717, 1.165) is 66.0 Å². The highest BCUT2D eigenvalue weighted by atomic mass is 16.3. The first kappa shape index (κ1) is 30.1. The fraction of sp³-hybridized carbons (Fsp3) is 0. The Morgan fingerprint density at radius 3 is 1.74 bits per heavy atom. The van der Waals surface area contributed by atoms with Gasteiger partial charge in [-0.25, -0.2) is 19.9 Å². The molecule has 0 unspecified atom stereocenters. The highest BCUT2D eigenvalue weighted by Gasteiger charge is 2.22. The van der Waals surface area contributed by atoms with Crippen LogP contribution in [0.15, 0.2) is 173 Å². The van der Waals surface area contributed by atoms with Crippen LogP contribution >= 0.6 is 0 Å². The predicted octanol–water partition coefficient (Wildman–Crippen LogP) is 10.9. The number of hydrogen-bond donors (Lipinski definition) is 0. The molecule has 7 heteroatoms. The molecule has 54 heavy (non-hydrogen) atoms. The first-order valence-corrected chi connectivity index (χ1v) is 17.8. The Morgan fingerprint density at radius 2 is 1.04 bits per heavy atom. The van der Waals surface area contributed by atoms with E-state index in [0.29, 0.717) is 39.8 Å². The van der Waals surface area contributed by atoms with Gasteiger partial charge in [-0.3, -0.25) is 9.20 Å². The molecule has 0 aliphatic rings. The highest BCUT2D eigenvalue weighted by Crippen LogP contribution is 2.40. The Morgan fingerprint density at radius 1 is 0.426 bits per heavy atom. The largest absolute Gasteiger partial charge is 0.456 e. The summed E-state index contributed by atoms with van der Waals surface area (Å²) in [5, 5.41) is 4.28. The topological polar surface area (TPSA) is 86.2 Å². The summed E-state index contributed by atoms with van der Waals surface area (Å²) in [4.78, 5) is 34.5. The average Bonchev–Trinajstić information content (AvgIpc) is 3.82. The van der Waals surface area contributed by atoms with Crippen molar-refractivity contribution in [2.45, 2.75) is 0 Å². The SMILES string of the molecule is O=c1c2ccccc2c2cc(-c3ccccc3)cc3nc(-c4ccc5oc6cccc(-c7nc(-c8ccccc8)nc(-c8ccccc8)n7)c6c5c4)n1c32. The molecule has 0 N–H and O–H groups in total. The van der Waals surface area contributed by atoms with Crippen molar-refractivity contribution in [1.29, 1.82) is 0 Å². The molecule has 0 aliphatic carbocycles. The zero-order valence-corrected chi connectivity index (χ0v) is 28.6. The van der Waals surface area contributed by atoms with Gasteiger partial charge in [0, 0.05) is 43.8 Å². The number of rotatable bonds is 5. The van der Waals surface area contributed by atoms with E-state index in [9.17, 15) is 4.79 Å². The lowest BCUT2D eigenvalue weighted by molar-refractivity contribution is 0.669. The van der Waals surface area contributed by atoms with Gasteiger partial charge in [0.1, 0.15) is 17.0 Å². The molecule has 4 aromatic heterocycles. The van der Waals surface area contributed by atoms with Crippen molar-refractivity contribution in [3.63, 3.8) is 0 Å². The van der Waals surface area contributed by atoms with Crippen LogP contribution in [0.4, 0.5) is 0 Å². The van der Waals surface area contributed by atoms with Crippen LogP contribution in [0, 0.1) is 0 Å². The third-order valence-corrected chi connectivity index (χ3v) is 10.2. The Bertz CT molecular complexity index is 3230. The van der Waals surface area contributed by atoms with Gasteiger partial charge in [0.05, 0.1) is 11.0 Å². The molecule has 11 aromatic rings. The van der Waals surface area contributed by atoms with Crippen molar-refractivity contribution >= 4 is 49.1 Å². The van der Waals surface area contributed by atoms with Crippen molar-refractivity contribution in [3.05, 3.63) is 174 Å². The van der Waals surface area contributed by atoms with Gasteiger partial charge in [0.25, 0.3) is 5.56 Å². The Balaban J connectivity index is 1.16. The zero-order valence-electron chi connectivity index (χ0n) is 28.6. The minimum Gasteiger partial charge on any atom is -0.456 e. The summed E-state index contributed by atoms with van der Waals surface area (Å²) in [6, 6.07) is 54.2. The number of imidazole rings is 1. The zero-order chi connectivity index (χ0) is 35.8. The van der Waals surface area contributed by atoms with Gasteiger partial charge < -0.3 is 4.42 Å². The van der Waals surface area contributed by atoms with Gasteiger partial charge in [-0.05, 0) is 59.0 Å². The van der Waals surface area contributed by atoms with Crippen molar-refractivity contribution in [1.82, 2.24) is 24.3 Å². The lowest BCUT2D eigenvalue weighted by Gasteiger charge is -2.09. The van der Waals surface area contributed by atoms with E-state index in [2.05, 4.69) is 30.3 Å². The van der Waals surface area contributed by atoms with Gasteiger partial charge in [-0.1, -0.05) is 121 Å². The Hall–Kier alpha value is -7.51. The van der Waals surface area contributed by atoms with E-state index in [1.807, 2.05) is 133 Å². The summed E-state index contributed by atoms with van der Waals surface area (Å²) in [7, 11) is 0. The summed E-state index contributed by atoms with van der Waals surface area (Å²) in [5.41, 5.74) is 8.40. The summed E-state index contributed by atoms with van der Waals surface area (Å²) in [6.07, 6.45) is 0. The molecule has 4 heterocycles. The molecule has 7 aromatic carbocycles. The maximum absolute atomic E-state index is 14.3. The van der Waals surface area contributed by atoms with Crippen LogP contribution in [0.1, 0.15) is 0 Å². The second-order valence-electron chi connectivity index (χ2n) is 13.4. The lowest BCUT2D eigenvalue weighted by Crippen LogP contribution is -2.14. The molecule has 11 rings (SSSR count). The number of benzene rings is 7. The molecular formula is C47H27N5O2. The van der Waals surface area contributed by atoms with Crippen LogP contribution in [0.3, 0.4) is 0 Å². The molecule has 0 atom stereocenters. The third kappa shape index (κ3) is 4.65. The molecule has 0 saturated carbocycles. The molecule has 0 radical (unpaired) electrons. The minimum absolute atomic E-state index is 0.104. The first-order chi connectivity index (χ1) is 26.7. The van der Waals surface area contributed by atoms with Gasteiger partial charge in [0.2, 0.25) is 0 Å². The number of pyridine rings is 1. The number of furan rings is 1. The number of fused-ring (bicyclic) bond motifs is 5. The van der Waals surface area contributed by atoms with Gasteiger partial charge in [0.15, 0.2) is 17.5 Å². The van der Waals surface area contributed by atoms with Crippen LogP contribution in [0.25, 0.3) is 106 Å². The number of hydrogen-bond acceptors (Lipinski definition) is 6. The molecule has 0 aliphatic heterocycles. The fourth-order valence-corrected chi connectivity index (χ4v) is 7.71. The van der Waals surface area contributed by atoms with Crippen molar-refractivity contribution < 1.29 is 4.42 Å². The summed E-state index contributed by atoms with van der Waals surface area (Å²) in [5.74, 6) is 2.27. The van der Waals surface area contributed by atoms with Crippen molar-refractivity contribution in [3.8, 4) is 56.7 Å². The smallest absolute Gasteiger partial charge is 0.264 e. The molecule has 0 saturated heterocycles. The van der Waals surface area contributed by atoms with Crippen molar-refractivity contribution in [2.75, 3.05) is 0 Å². The molecule has 7 nitrogen and oxygen atoms in total. The minimum atomic E-state index is -0.104. The Labute approximate surface area is 307 Å².